The van der Waals surface area contributed by atoms with E-state index in [9.17, 15) is 18.0 Å². The molecule has 188 valence electrons. The predicted octanol–water partition coefficient (Wildman–Crippen LogP) is 3.12. The first-order valence-electron chi connectivity index (χ1n) is 10.7. The molecule has 0 fully saturated rings. The van der Waals surface area contributed by atoms with Crippen LogP contribution >= 0.6 is 11.6 Å². The number of pyridine rings is 1. The van der Waals surface area contributed by atoms with E-state index >= 15 is 0 Å². The largest absolute Gasteiger partial charge is 0.453 e. The zero-order valence-corrected chi connectivity index (χ0v) is 21.7. The molecule has 0 saturated heterocycles. The van der Waals surface area contributed by atoms with Gasteiger partial charge in [-0.3, -0.25) is 14.3 Å². The van der Waals surface area contributed by atoms with Gasteiger partial charge in [-0.05, 0) is 44.5 Å². The number of aromatic nitrogens is 4. The van der Waals surface area contributed by atoms with Gasteiger partial charge >= 0.3 is 0 Å². The highest BCUT2D eigenvalue weighted by molar-refractivity contribution is 7.89. The maximum Gasteiger partial charge on any atom is 0.285 e. The van der Waals surface area contributed by atoms with E-state index in [0.29, 0.717) is 33.6 Å². The molecule has 3 aromatic heterocycles. The van der Waals surface area contributed by atoms with Crippen molar-refractivity contribution in [2.45, 2.75) is 26.8 Å². The van der Waals surface area contributed by atoms with Gasteiger partial charge in [0.25, 0.3) is 5.91 Å². The van der Waals surface area contributed by atoms with Gasteiger partial charge < -0.3 is 9.73 Å². The molecule has 1 unspecified atom stereocenters. The van der Waals surface area contributed by atoms with Gasteiger partial charge in [0.15, 0.2) is 16.9 Å². The van der Waals surface area contributed by atoms with Gasteiger partial charge in [-0.2, -0.15) is 0 Å². The first-order chi connectivity index (χ1) is 16.8. The van der Waals surface area contributed by atoms with E-state index in [4.69, 9.17) is 16.0 Å². The lowest BCUT2D eigenvalue weighted by Crippen LogP contribution is -2.31. The van der Waals surface area contributed by atoms with Crippen molar-refractivity contribution in [2.24, 2.45) is 7.05 Å². The number of hydrogen-bond acceptors (Lipinski definition) is 9. The predicted molar refractivity (Wildman–Crippen MR) is 136 cm³/mol. The minimum atomic E-state index is -3.83. The average Bonchev–Trinajstić information content (AvgIpc) is 3.22. The summed E-state index contributed by atoms with van der Waals surface area (Å²) in [6.07, 6.45) is 2.52. The summed E-state index contributed by atoms with van der Waals surface area (Å²) in [6, 6.07) is 6.10. The Balaban J connectivity index is 1.83. The van der Waals surface area contributed by atoms with E-state index in [0.717, 1.165) is 11.8 Å². The Morgan fingerprint density at radius 1 is 1.22 bits per heavy atom. The molecule has 0 bridgehead atoms. The van der Waals surface area contributed by atoms with Crippen LogP contribution in [0.1, 0.15) is 40.1 Å². The van der Waals surface area contributed by atoms with Crippen molar-refractivity contribution in [1.82, 2.24) is 24.7 Å². The highest BCUT2D eigenvalue weighted by atomic mass is 35.5. The number of nitrogens with one attached hydrogen (secondary N) is 2. The van der Waals surface area contributed by atoms with Crippen molar-refractivity contribution in [2.75, 3.05) is 11.6 Å². The Morgan fingerprint density at radius 2 is 1.94 bits per heavy atom. The van der Waals surface area contributed by atoms with Gasteiger partial charge in [-0.25, -0.2) is 18.1 Å². The molecule has 1 aromatic carbocycles. The molecule has 0 aliphatic heterocycles. The number of sulfonamides is 1. The number of carbonyl (C=O) groups excluding carboxylic acids is 1. The van der Waals surface area contributed by atoms with Crippen LogP contribution in [0.2, 0.25) is 5.15 Å². The van der Waals surface area contributed by atoms with Gasteiger partial charge in [-0.15, -0.1) is 5.10 Å². The first kappa shape index (κ1) is 25.3. The highest BCUT2D eigenvalue weighted by Crippen LogP contribution is 2.32. The molecule has 1 amide bonds. The Bertz CT molecular complexity index is 1680. The summed E-state index contributed by atoms with van der Waals surface area (Å²) in [5, 5.41) is 11.6. The molecule has 3 heterocycles. The van der Waals surface area contributed by atoms with Crippen LogP contribution in [0.3, 0.4) is 0 Å². The van der Waals surface area contributed by atoms with E-state index < -0.39 is 22.0 Å². The van der Waals surface area contributed by atoms with Crippen molar-refractivity contribution in [3.05, 3.63) is 68.2 Å². The fourth-order valence-corrected chi connectivity index (χ4v) is 4.42. The molecule has 0 saturated carbocycles. The number of hydrogen-bond donors (Lipinski definition) is 2. The highest BCUT2D eigenvalue weighted by Gasteiger charge is 2.23. The van der Waals surface area contributed by atoms with E-state index in [1.165, 1.54) is 16.8 Å². The zero-order valence-electron chi connectivity index (χ0n) is 20.1. The van der Waals surface area contributed by atoms with Crippen LogP contribution in [0.15, 0.2) is 39.7 Å². The molecule has 2 N–H and O–H groups in total. The van der Waals surface area contributed by atoms with Crippen molar-refractivity contribution >= 4 is 44.2 Å². The molecule has 0 aliphatic carbocycles. The number of aryl methyl sites for hydroxylation is 2. The maximum atomic E-state index is 13.3. The fraction of sp³-hybridized carbons (Fsp3) is 0.261. The van der Waals surface area contributed by atoms with Crippen molar-refractivity contribution < 1.29 is 17.6 Å². The van der Waals surface area contributed by atoms with Crippen LogP contribution in [0, 0.1) is 13.8 Å². The quantitative estimate of drug-likeness (QED) is 0.358. The maximum absolute atomic E-state index is 13.3. The molecular weight excluding hydrogens is 508 g/mol. The zero-order chi connectivity index (χ0) is 26.4. The lowest BCUT2D eigenvalue weighted by molar-refractivity contribution is 0.0977. The van der Waals surface area contributed by atoms with Crippen LogP contribution in [0.25, 0.3) is 22.4 Å². The number of anilines is 1. The van der Waals surface area contributed by atoms with Gasteiger partial charge in [0.2, 0.25) is 10.0 Å². The number of halogens is 1. The van der Waals surface area contributed by atoms with E-state index in [1.807, 2.05) is 24.6 Å². The summed E-state index contributed by atoms with van der Waals surface area (Å²) in [7, 11) is -2.12. The topological polar surface area (TPSA) is 149 Å². The summed E-state index contributed by atoms with van der Waals surface area (Å²) in [5.41, 5.74) is 2.48. The minimum Gasteiger partial charge on any atom is -0.453 e. The molecule has 36 heavy (non-hydrogen) atoms. The Hall–Kier alpha value is -3.77. The number of rotatable bonds is 6. The van der Waals surface area contributed by atoms with Crippen LogP contribution < -0.4 is 15.5 Å². The van der Waals surface area contributed by atoms with Crippen molar-refractivity contribution in [1.29, 1.82) is 0 Å². The Kier molecular flexibility index (Phi) is 6.58. The molecule has 11 nitrogen and oxygen atoms in total. The monoisotopic (exact) mass is 530 g/mol. The summed E-state index contributed by atoms with van der Waals surface area (Å²) >= 11 is 5.96. The van der Waals surface area contributed by atoms with E-state index in [1.54, 1.807) is 26.2 Å². The second kappa shape index (κ2) is 9.36. The summed E-state index contributed by atoms with van der Waals surface area (Å²) in [4.78, 5) is 29.8. The Labute approximate surface area is 211 Å². The van der Waals surface area contributed by atoms with Crippen LogP contribution in [-0.4, -0.2) is 40.6 Å². The summed E-state index contributed by atoms with van der Waals surface area (Å²) in [5.74, 6) is -0.629. The first-order valence-corrected chi connectivity index (χ1v) is 13.0. The Morgan fingerprint density at radius 3 is 2.58 bits per heavy atom. The minimum absolute atomic E-state index is 0.0166. The van der Waals surface area contributed by atoms with Gasteiger partial charge in [0, 0.05) is 18.2 Å². The molecule has 4 aromatic rings. The molecular formula is C23H23ClN6O5S. The third kappa shape index (κ3) is 5.09. The number of amides is 1. The number of nitrogens with zero attached hydrogens (tertiary/aromatic N) is 4. The molecule has 4 rings (SSSR count). The lowest BCUT2D eigenvalue weighted by atomic mass is 9.99. The summed E-state index contributed by atoms with van der Waals surface area (Å²) in [6.45, 7) is 5.34. The second-order valence-corrected chi connectivity index (χ2v) is 10.6. The van der Waals surface area contributed by atoms with Gasteiger partial charge in [-0.1, -0.05) is 22.9 Å². The molecule has 0 aliphatic rings. The number of carbonyl (C=O) groups is 1. The number of fused-ring (bicyclic) bond motifs is 1. The van der Waals surface area contributed by atoms with Gasteiger partial charge in [0.05, 0.1) is 29.6 Å². The smallest absolute Gasteiger partial charge is 0.285 e. The summed E-state index contributed by atoms with van der Waals surface area (Å²) < 4.78 is 32.8. The third-order valence-corrected chi connectivity index (χ3v) is 6.19. The molecule has 1 atom stereocenters. The lowest BCUT2D eigenvalue weighted by Gasteiger charge is -2.20. The van der Waals surface area contributed by atoms with Crippen LogP contribution in [0.4, 0.5) is 5.69 Å². The number of benzene rings is 1. The van der Waals surface area contributed by atoms with Crippen molar-refractivity contribution in [3.63, 3.8) is 0 Å². The normalized spacial score (nSPS) is 12.5. The van der Waals surface area contributed by atoms with Crippen LogP contribution in [-0.2, 0) is 17.1 Å². The van der Waals surface area contributed by atoms with E-state index in [2.05, 4.69) is 20.6 Å². The van der Waals surface area contributed by atoms with Crippen molar-refractivity contribution in [3.8, 4) is 11.5 Å². The average molecular weight is 531 g/mol. The van der Waals surface area contributed by atoms with Crippen LogP contribution in [0.5, 0.6) is 0 Å². The van der Waals surface area contributed by atoms with E-state index in [-0.39, 0.29) is 22.0 Å². The molecule has 0 radical (unpaired) electrons. The standard InChI is InChI=1S/C23H23ClN6O5S/c1-11-8-14(13(3)25-16-6-7-18(24)26-19(16)23(32)28-36(5,33)34)22-15(9-11)20(31)12(2)21(35-22)17-10-30(4)29-27-17/h6-10,13,25H,1-5H3,(H,28,32). The molecule has 0 spiro atoms. The van der Waals surface area contributed by atoms with Gasteiger partial charge in [0.1, 0.15) is 16.4 Å². The fourth-order valence-electron chi connectivity index (χ4n) is 3.84. The third-order valence-electron chi connectivity index (χ3n) is 5.42. The second-order valence-electron chi connectivity index (χ2n) is 8.49. The molecule has 13 heteroatoms. The SMILES string of the molecule is Cc1cc(C(C)Nc2ccc(Cl)nc2C(=O)NS(C)(=O)=O)c2oc(-c3cn(C)nn3)c(C)c(=O)c2c1.